The summed E-state index contributed by atoms with van der Waals surface area (Å²) in [5, 5.41) is 9.73. The summed E-state index contributed by atoms with van der Waals surface area (Å²) in [7, 11) is -4.66. The van der Waals surface area contributed by atoms with Crippen LogP contribution in [0.15, 0.2) is 18.9 Å². The first kappa shape index (κ1) is 14.5. The average Bonchev–Trinajstić information content (AvgIpc) is 2.28. The Bertz CT molecular complexity index is 535. The van der Waals surface area contributed by atoms with E-state index in [2.05, 4.69) is 16.1 Å². The molecule has 18 heavy (non-hydrogen) atoms. The summed E-state index contributed by atoms with van der Waals surface area (Å²) in [4.78, 5) is 32.5. The van der Waals surface area contributed by atoms with E-state index < -0.39 is 20.2 Å². The van der Waals surface area contributed by atoms with Crippen LogP contribution in [-0.4, -0.2) is 25.7 Å². The van der Waals surface area contributed by atoms with Gasteiger partial charge in [0.2, 0.25) is 0 Å². The molecule has 8 heteroatoms. The molecule has 98 valence electrons. The van der Waals surface area contributed by atoms with Gasteiger partial charge in [-0.05, 0) is 13.0 Å². The van der Waals surface area contributed by atoms with Crippen molar-refractivity contribution >= 4 is 13.6 Å². The van der Waals surface area contributed by atoms with E-state index in [9.17, 15) is 14.5 Å². The van der Waals surface area contributed by atoms with Gasteiger partial charge < -0.3 is 14.9 Å². The van der Waals surface area contributed by atoms with Crippen molar-refractivity contribution in [3.8, 4) is 5.75 Å². The molecule has 0 fully saturated rings. The Morgan fingerprint density at radius 1 is 1.61 bits per heavy atom. The number of hydrogen-bond donors (Lipinski definition) is 3. The predicted molar refractivity (Wildman–Crippen MR) is 62.0 cm³/mol. The van der Waals surface area contributed by atoms with E-state index in [4.69, 9.17) is 9.79 Å². The molecule has 1 heterocycles. The van der Waals surface area contributed by atoms with E-state index in [0.717, 1.165) is 6.08 Å². The number of hydrogen-bond acceptors (Lipinski definition) is 5. The molecule has 0 aromatic carbocycles. The summed E-state index contributed by atoms with van der Waals surface area (Å²) in [6.45, 7) is 4.23. The SMILES string of the molecule is C=CC(=O)c1c(COP(=O)(O)O)cnc(C)c1O. The zero-order valence-corrected chi connectivity index (χ0v) is 10.4. The Balaban J connectivity index is 3.19. The maximum Gasteiger partial charge on any atom is 0.469 e. The summed E-state index contributed by atoms with van der Waals surface area (Å²) in [6.07, 6.45) is 2.19. The van der Waals surface area contributed by atoms with E-state index in [1.807, 2.05) is 0 Å². The molecule has 1 rings (SSSR count). The second-order valence-electron chi connectivity index (χ2n) is 3.42. The van der Waals surface area contributed by atoms with Crippen LogP contribution in [0.4, 0.5) is 0 Å². The quantitative estimate of drug-likeness (QED) is 0.417. The summed E-state index contributed by atoms with van der Waals surface area (Å²) in [5.74, 6) is -0.936. The topological polar surface area (TPSA) is 117 Å². The van der Waals surface area contributed by atoms with Crippen LogP contribution in [0.5, 0.6) is 5.75 Å². The first-order valence-corrected chi connectivity index (χ1v) is 6.33. The number of nitrogens with zero attached hydrogens (tertiary/aromatic N) is 1. The number of allylic oxidation sites excluding steroid dienone is 1. The lowest BCUT2D eigenvalue weighted by Gasteiger charge is -2.11. The first-order chi connectivity index (χ1) is 8.26. The number of phosphoric ester groups is 1. The summed E-state index contributed by atoms with van der Waals surface area (Å²) in [5.41, 5.74) is 0.178. The third kappa shape index (κ3) is 3.48. The third-order valence-corrected chi connectivity index (χ3v) is 2.60. The molecule has 0 bridgehead atoms. The molecular formula is C10H12NO6P. The highest BCUT2D eigenvalue weighted by molar-refractivity contribution is 7.46. The molecular weight excluding hydrogens is 261 g/mol. The third-order valence-electron chi connectivity index (χ3n) is 2.13. The smallest absolute Gasteiger partial charge is 0.469 e. The van der Waals surface area contributed by atoms with Gasteiger partial charge in [-0.1, -0.05) is 6.58 Å². The maximum atomic E-state index is 11.6. The largest absolute Gasteiger partial charge is 0.505 e. The zero-order valence-electron chi connectivity index (χ0n) is 9.53. The first-order valence-electron chi connectivity index (χ1n) is 4.80. The Morgan fingerprint density at radius 3 is 2.72 bits per heavy atom. The van der Waals surface area contributed by atoms with Crippen LogP contribution in [0.25, 0.3) is 0 Å². The highest BCUT2D eigenvalue weighted by Crippen LogP contribution is 2.38. The molecule has 0 atom stereocenters. The number of phosphoric acid groups is 1. The normalized spacial score (nSPS) is 11.3. The van der Waals surface area contributed by atoms with Gasteiger partial charge in [-0.25, -0.2) is 4.57 Å². The molecule has 0 spiro atoms. The van der Waals surface area contributed by atoms with Crippen LogP contribution in [0.1, 0.15) is 21.6 Å². The Morgan fingerprint density at radius 2 is 2.22 bits per heavy atom. The monoisotopic (exact) mass is 273 g/mol. The average molecular weight is 273 g/mol. The van der Waals surface area contributed by atoms with Crippen LogP contribution < -0.4 is 0 Å². The van der Waals surface area contributed by atoms with Crippen LogP contribution in [0.2, 0.25) is 0 Å². The molecule has 0 aliphatic heterocycles. The molecule has 1 aromatic heterocycles. The van der Waals surface area contributed by atoms with Crippen molar-refractivity contribution in [2.45, 2.75) is 13.5 Å². The van der Waals surface area contributed by atoms with Crippen LogP contribution in [-0.2, 0) is 15.7 Å². The van der Waals surface area contributed by atoms with Crippen molar-refractivity contribution in [2.24, 2.45) is 0 Å². The van der Waals surface area contributed by atoms with E-state index in [0.29, 0.717) is 0 Å². The van der Waals surface area contributed by atoms with Gasteiger partial charge in [0.15, 0.2) is 5.78 Å². The minimum atomic E-state index is -4.66. The highest BCUT2D eigenvalue weighted by atomic mass is 31.2. The summed E-state index contributed by atoms with van der Waals surface area (Å²) >= 11 is 0. The standard InChI is InChI=1S/C10H12NO6P/c1-3-8(12)9-7(5-17-18(14,15)16)4-11-6(2)10(9)13/h3-4,13H,1,5H2,2H3,(H2,14,15,16). The van der Waals surface area contributed by atoms with E-state index in [-0.39, 0.29) is 22.6 Å². The van der Waals surface area contributed by atoms with Crippen molar-refractivity contribution in [3.05, 3.63) is 35.7 Å². The minimum Gasteiger partial charge on any atom is -0.505 e. The van der Waals surface area contributed by atoms with Crippen LogP contribution >= 0.6 is 7.82 Å². The second kappa shape index (κ2) is 5.41. The van der Waals surface area contributed by atoms with Gasteiger partial charge in [0, 0.05) is 11.8 Å². The molecule has 1 aromatic rings. The maximum absolute atomic E-state index is 11.6. The fourth-order valence-corrected chi connectivity index (χ4v) is 1.58. The molecule has 0 saturated heterocycles. The van der Waals surface area contributed by atoms with Crippen molar-refractivity contribution in [1.29, 1.82) is 0 Å². The number of carbonyl (C=O) groups is 1. The van der Waals surface area contributed by atoms with Crippen molar-refractivity contribution < 1.29 is 28.8 Å². The Kier molecular flexibility index (Phi) is 4.37. The van der Waals surface area contributed by atoms with Gasteiger partial charge in [-0.3, -0.25) is 14.3 Å². The van der Waals surface area contributed by atoms with Gasteiger partial charge in [-0.2, -0.15) is 0 Å². The fraction of sp³-hybridized carbons (Fsp3) is 0.200. The van der Waals surface area contributed by atoms with Crippen molar-refractivity contribution in [1.82, 2.24) is 4.98 Å². The number of pyridine rings is 1. The highest BCUT2D eigenvalue weighted by Gasteiger charge is 2.20. The summed E-state index contributed by atoms with van der Waals surface area (Å²) in [6, 6.07) is 0. The Labute approximate surface area is 103 Å². The molecule has 0 aliphatic carbocycles. The van der Waals surface area contributed by atoms with Gasteiger partial charge >= 0.3 is 7.82 Å². The van der Waals surface area contributed by atoms with Crippen LogP contribution in [0, 0.1) is 6.92 Å². The lowest BCUT2D eigenvalue weighted by Crippen LogP contribution is -2.05. The van der Waals surface area contributed by atoms with Gasteiger partial charge in [0.1, 0.15) is 5.75 Å². The number of carbonyl (C=O) groups excluding carboxylic acids is 1. The van der Waals surface area contributed by atoms with Gasteiger partial charge in [-0.15, -0.1) is 0 Å². The number of aryl methyl sites for hydroxylation is 1. The molecule has 0 saturated carbocycles. The minimum absolute atomic E-state index is 0.0753. The van der Waals surface area contributed by atoms with Crippen molar-refractivity contribution in [2.75, 3.05) is 0 Å². The lowest BCUT2D eigenvalue weighted by molar-refractivity contribution is 0.103. The zero-order chi connectivity index (χ0) is 13.9. The second-order valence-corrected chi connectivity index (χ2v) is 4.66. The lowest BCUT2D eigenvalue weighted by atomic mass is 10.0. The number of aromatic nitrogens is 1. The van der Waals surface area contributed by atoms with E-state index >= 15 is 0 Å². The molecule has 0 unspecified atom stereocenters. The molecule has 0 amide bonds. The number of aromatic hydroxyl groups is 1. The molecule has 0 aliphatic rings. The Hall–Kier alpha value is -1.53. The predicted octanol–water partition coefficient (Wildman–Crippen LogP) is 1.07. The molecule has 0 radical (unpaired) electrons. The van der Waals surface area contributed by atoms with Gasteiger partial charge in [0.25, 0.3) is 0 Å². The van der Waals surface area contributed by atoms with Gasteiger partial charge in [0.05, 0.1) is 17.9 Å². The van der Waals surface area contributed by atoms with Crippen LogP contribution in [0.3, 0.4) is 0 Å². The van der Waals surface area contributed by atoms with Crippen molar-refractivity contribution in [3.63, 3.8) is 0 Å². The van der Waals surface area contributed by atoms with E-state index in [1.165, 1.54) is 13.1 Å². The van der Waals surface area contributed by atoms with E-state index in [1.54, 1.807) is 0 Å². The molecule has 7 nitrogen and oxygen atoms in total. The molecule has 3 N–H and O–H groups in total. The number of ketones is 1. The number of rotatable bonds is 5. The summed E-state index contributed by atoms with van der Waals surface area (Å²) < 4.78 is 14.9. The fourth-order valence-electron chi connectivity index (χ4n) is 1.27.